The third-order valence-electron chi connectivity index (χ3n) is 2.54. The molecule has 0 heterocycles. The molecule has 0 bridgehead atoms. The van der Waals surface area contributed by atoms with Gasteiger partial charge in [-0.1, -0.05) is 46.9 Å². The summed E-state index contributed by atoms with van der Waals surface area (Å²) in [5.41, 5.74) is 0.223. The minimum atomic E-state index is -0.634. The Labute approximate surface area is 135 Å². The summed E-state index contributed by atoms with van der Waals surface area (Å²) in [5.74, 6) is -0.815. The first-order valence-corrected chi connectivity index (χ1v) is 6.82. The van der Waals surface area contributed by atoms with E-state index in [2.05, 4.69) is 0 Å². The first kappa shape index (κ1) is 15.3. The van der Waals surface area contributed by atoms with Crippen molar-refractivity contribution in [2.24, 2.45) is 0 Å². The molecule has 104 valence electrons. The van der Waals surface area contributed by atoms with Crippen LogP contribution < -0.4 is 4.42 Å². The summed E-state index contributed by atoms with van der Waals surface area (Å²) in [6, 6.07) is 8.96. The molecule has 0 radical (unpaired) electrons. The van der Waals surface area contributed by atoms with E-state index in [-0.39, 0.29) is 32.1 Å². The lowest BCUT2D eigenvalue weighted by molar-refractivity contribution is 0.100. The van der Waals surface area contributed by atoms with Gasteiger partial charge in [0.25, 0.3) is 5.91 Å². The van der Waals surface area contributed by atoms with E-state index in [4.69, 9.17) is 46.6 Å². The van der Waals surface area contributed by atoms with Crippen LogP contribution in [0.5, 0.6) is 5.75 Å². The first-order valence-electron chi connectivity index (χ1n) is 5.35. The zero-order valence-corrected chi connectivity index (χ0v) is 12.8. The van der Waals surface area contributed by atoms with Crippen molar-refractivity contribution in [2.75, 3.05) is 4.42 Å². The van der Waals surface area contributed by atoms with E-state index < -0.39 is 5.91 Å². The second-order valence-electron chi connectivity index (χ2n) is 3.80. The van der Waals surface area contributed by atoms with Crippen LogP contribution in [0.1, 0.15) is 10.4 Å². The van der Waals surface area contributed by atoms with Gasteiger partial charge >= 0.3 is 0 Å². The van der Waals surface area contributed by atoms with E-state index in [0.717, 1.165) is 4.42 Å². The van der Waals surface area contributed by atoms with Crippen LogP contribution in [-0.2, 0) is 0 Å². The molecule has 0 atom stereocenters. The summed E-state index contributed by atoms with van der Waals surface area (Å²) in [4.78, 5) is 12.2. The van der Waals surface area contributed by atoms with Crippen LogP contribution in [0.3, 0.4) is 0 Å². The lowest BCUT2D eigenvalue weighted by Gasteiger charge is -2.17. The van der Waals surface area contributed by atoms with E-state index in [9.17, 15) is 9.90 Å². The van der Waals surface area contributed by atoms with E-state index in [1.54, 1.807) is 12.1 Å². The molecule has 7 heteroatoms. The fraction of sp³-hybridized carbons (Fsp3) is 0. The van der Waals surface area contributed by atoms with Crippen LogP contribution in [0.4, 0.5) is 5.69 Å². The van der Waals surface area contributed by atoms with Gasteiger partial charge in [0.15, 0.2) is 0 Å². The number of benzene rings is 2. The summed E-state index contributed by atoms with van der Waals surface area (Å²) in [7, 11) is 0. The highest BCUT2D eigenvalue weighted by molar-refractivity contribution is 6.51. The summed E-state index contributed by atoms with van der Waals surface area (Å²) in [5, 5.41) is 10.1. The zero-order valence-electron chi connectivity index (χ0n) is 9.78. The number of nitrogens with zero attached hydrogens (tertiary/aromatic N) is 1. The van der Waals surface area contributed by atoms with Crippen molar-refractivity contribution in [3.05, 3.63) is 57.0 Å². The predicted octanol–water partition coefficient (Wildman–Crippen LogP) is 5.15. The van der Waals surface area contributed by atoms with Crippen molar-refractivity contribution in [3.8, 4) is 5.75 Å². The van der Waals surface area contributed by atoms with Crippen molar-refractivity contribution < 1.29 is 9.90 Å². The van der Waals surface area contributed by atoms with Gasteiger partial charge < -0.3 is 5.11 Å². The van der Waals surface area contributed by atoms with Crippen LogP contribution >= 0.6 is 46.6 Å². The topological polar surface area (TPSA) is 40.5 Å². The van der Waals surface area contributed by atoms with E-state index in [0.29, 0.717) is 0 Å². The fourth-order valence-corrected chi connectivity index (χ4v) is 2.43. The molecule has 0 aliphatic carbocycles. The minimum Gasteiger partial charge on any atom is -0.507 e. The molecule has 2 aromatic carbocycles. The van der Waals surface area contributed by atoms with Crippen molar-refractivity contribution in [1.82, 2.24) is 0 Å². The van der Waals surface area contributed by atoms with Gasteiger partial charge in [-0.25, -0.2) is 4.42 Å². The van der Waals surface area contributed by atoms with Gasteiger partial charge in [-0.15, -0.1) is 0 Å². The number of halogens is 4. The van der Waals surface area contributed by atoms with Crippen molar-refractivity contribution in [3.63, 3.8) is 0 Å². The molecular weight excluding hydrogens is 344 g/mol. The van der Waals surface area contributed by atoms with Crippen molar-refractivity contribution in [2.45, 2.75) is 0 Å². The Kier molecular flexibility index (Phi) is 4.66. The molecule has 3 nitrogen and oxygen atoms in total. The Bertz CT molecular complexity index is 675. The lowest BCUT2D eigenvalue weighted by atomic mass is 10.2. The summed E-state index contributed by atoms with van der Waals surface area (Å²) in [6.45, 7) is 0. The molecule has 0 aliphatic rings. The monoisotopic (exact) mass is 349 g/mol. The Balaban J connectivity index is 2.42. The molecular formula is C13H7Cl4NO2. The largest absolute Gasteiger partial charge is 0.507 e. The SMILES string of the molecule is O=C(c1ccccc1O)N(Cl)c1ccc(Cl)c(Cl)c1Cl. The van der Waals surface area contributed by atoms with Crippen LogP contribution in [0.15, 0.2) is 36.4 Å². The summed E-state index contributed by atoms with van der Waals surface area (Å²) in [6.07, 6.45) is 0. The highest BCUT2D eigenvalue weighted by Gasteiger charge is 2.22. The van der Waals surface area contributed by atoms with Crippen LogP contribution in [0.25, 0.3) is 0 Å². The molecule has 0 aromatic heterocycles. The molecule has 0 saturated carbocycles. The fourth-order valence-electron chi connectivity index (χ4n) is 1.54. The molecule has 0 aliphatic heterocycles. The standard InChI is InChI=1S/C13H7Cl4NO2/c14-8-5-6-9(12(16)11(8)15)18(17)13(20)7-3-1-2-4-10(7)19/h1-6,19H. The van der Waals surface area contributed by atoms with Gasteiger partial charge in [0, 0.05) is 11.8 Å². The second-order valence-corrected chi connectivity index (χ2v) is 5.30. The molecule has 0 spiro atoms. The highest BCUT2D eigenvalue weighted by atomic mass is 35.5. The quantitative estimate of drug-likeness (QED) is 0.600. The smallest absolute Gasteiger partial charge is 0.276 e. The van der Waals surface area contributed by atoms with Gasteiger partial charge in [0.2, 0.25) is 0 Å². The van der Waals surface area contributed by atoms with Gasteiger partial charge in [-0.2, -0.15) is 0 Å². The first-order chi connectivity index (χ1) is 9.43. The third-order valence-corrected chi connectivity index (χ3v) is 4.16. The van der Waals surface area contributed by atoms with Gasteiger partial charge in [0.05, 0.1) is 26.3 Å². The van der Waals surface area contributed by atoms with Gasteiger partial charge in [0.1, 0.15) is 5.75 Å². The maximum atomic E-state index is 12.2. The van der Waals surface area contributed by atoms with Crippen molar-refractivity contribution in [1.29, 1.82) is 0 Å². The Morgan fingerprint density at radius 3 is 2.30 bits per heavy atom. The maximum absolute atomic E-state index is 12.2. The highest BCUT2D eigenvalue weighted by Crippen LogP contribution is 2.39. The molecule has 1 N–H and O–H groups in total. The van der Waals surface area contributed by atoms with Gasteiger partial charge in [-0.3, -0.25) is 4.79 Å². The van der Waals surface area contributed by atoms with Crippen molar-refractivity contribution >= 4 is 58.2 Å². The van der Waals surface area contributed by atoms with E-state index in [1.807, 2.05) is 0 Å². The van der Waals surface area contributed by atoms with Gasteiger partial charge in [-0.05, 0) is 24.3 Å². The predicted molar refractivity (Wildman–Crippen MR) is 82.2 cm³/mol. The number of carbonyl (C=O) groups excluding carboxylic acids is 1. The molecule has 0 unspecified atom stereocenters. The molecule has 0 saturated heterocycles. The average Bonchev–Trinajstić information content (AvgIpc) is 2.44. The number of aromatic hydroxyl groups is 1. The Morgan fingerprint density at radius 1 is 1.00 bits per heavy atom. The number of para-hydroxylation sites is 1. The number of phenolic OH excluding ortho intramolecular Hbond substituents is 1. The van der Waals surface area contributed by atoms with E-state index >= 15 is 0 Å². The molecule has 0 fully saturated rings. The normalized spacial score (nSPS) is 10.4. The van der Waals surface area contributed by atoms with E-state index in [1.165, 1.54) is 24.3 Å². The second kappa shape index (κ2) is 6.10. The number of hydrogen-bond acceptors (Lipinski definition) is 2. The number of carbonyl (C=O) groups is 1. The average molecular weight is 351 g/mol. The van der Waals surface area contributed by atoms with Crippen LogP contribution in [-0.4, -0.2) is 11.0 Å². The number of anilines is 1. The Hall–Kier alpha value is -1.13. The molecule has 1 amide bonds. The maximum Gasteiger partial charge on any atom is 0.276 e. The Morgan fingerprint density at radius 2 is 1.65 bits per heavy atom. The zero-order chi connectivity index (χ0) is 14.9. The molecule has 2 rings (SSSR count). The number of phenols is 1. The minimum absolute atomic E-state index is 0.0460. The number of hydrogen-bond donors (Lipinski definition) is 1. The lowest BCUT2D eigenvalue weighted by Crippen LogP contribution is -2.21. The number of amides is 1. The van der Waals surface area contributed by atoms with Crippen LogP contribution in [0.2, 0.25) is 15.1 Å². The third kappa shape index (κ3) is 2.81. The molecule has 20 heavy (non-hydrogen) atoms. The number of rotatable bonds is 2. The van der Waals surface area contributed by atoms with Crippen LogP contribution in [0, 0.1) is 0 Å². The summed E-state index contributed by atoms with van der Waals surface area (Å²) >= 11 is 23.7. The summed E-state index contributed by atoms with van der Waals surface area (Å²) < 4.78 is 0.777. The molecule has 2 aromatic rings.